The molecule has 1 aliphatic rings. The predicted molar refractivity (Wildman–Crippen MR) is 75.3 cm³/mol. The maximum atomic E-state index is 10.8. The molecule has 3 rings (SSSR count). The van der Waals surface area contributed by atoms with Crippen molar-refractivity contribution < 1.29 is 4.79 Å². The largest absolute Gasteiger partial charge is 0.298 e. The molecule has 0 aromatic heterocycles. The number of aldehydes is 1. The molecule has 2 heteroatoms. The van der Waals surface area contributed by atoms with Crippen molar-refractivity contribution in [2.75, 3.05) is 0 Å². The fourth-order valence-corrected chi connectivity index (χ4v) is 3.74. The minimum atomic E-state index is 0.601. The molecule has 0 saturated carbocycles. The number of fused-ring (bicyclic) bond motifs is 1. The van der Waals surface area contributed by atoms with E-state index in [2.05, 4.69) is 36.4 Å². The first-order valence-electron chi connectivity index (χ1n) is 6.14. The zero-order valence-electron chi connectivity index (χ0n) is 10.0. The summed E-state index contributed by atoms with van der Waals surface area (Å²) in [4.78, 5) is 12.1. The summed E-state index contributed by atoms with van der Waals surface area (Å²) < 4.78 is 0. The highest BCUT2D eigenvalue weighted by molar-refractivity contribution is 8.00. The lowest BCUT2D eigenvalue weighted by atomic mass is 10.0. The lowest BCUT2D eigenvalue weighted by Crippen LogP contribution is -2.05. The van der Waals surface area contributed by atoms with Crippen LogP contribution in [0.4, 0.5) is 0 Å². The van der Waals surface area contributed by atoms with Crippen molar-refractivity contribution >= 4 is 18.0 Å². The van der Waals surface area contributed by atoms with Gasteiger partial charge < -0.3 is 0 Å². The molecule has 2 aromatic rings. The van der Waals surface area contributed by atoms with Crippen molar-refractivity contribution in [1.29, 1.82) is 0 Å². The van der Waals surface area contributed by atoms with E-state index < -0.39 is 0 Å². The molecule has 2 aromatic carbocycles. The molecule has 0 bridgehead atoms. The Morgan fingerprint density at radius 3 is 2.78 bits per heavy atom. The summed E-state index contributed by atoms with van der Waals surface area (Å²) >= 11 is 1.93. The fraction of sp³-hybridized carbons (Fsp3) is 0.188. The van der Waals surface area contributed by atoms with E-state index in [4.69, 9.17) is 0 Å². The quantitative estimate of drug-likeness (QED) is 0.776. The van der Waals surface area contributed by atoms with Crippen molar-refractivity contribution in [2.45, 2.75) is 23.0 Å². The van der Waals surface area contributed by atoms with Gasteiger partial charge >= 0.3 is 0 Å². The molecule has 1 unspecified atom stereocenters. The molecule has 0 saturated heterocycles. The summed E-state index contributed by atoms with van der Waals surface area (Å²) in [5, 5.41) is 0.601. The number of benzene rings is 2. The van der Waals surface area contributed by atoms with E-state index >= 15 is 0 Å². The van der Waals surface area contributed by atoms with Gasteiger partial charge in [0.25, 0.3) is 0 Å². The highest BCUT2D eigenvalue weighted by atomic mass is 32.2. The molecule has 1 aliphatic heterocycles. The Labute approximate surface area is 111 Å². The second-order valence-electron chi connectivity index (χ2n) is 4.62. The maximum Gasteiger partial charge on any atom is 0.150 e. The molecule has 0 radical (unpaired) electrons. The van der Waals surface area contributed by atoms with Crippen molar-refractivity contribution in [1.82, 2.24) is 0 Å². The van der Waals surface area contributed by atoms with E-state index in [1.54, 1.807) is 0 Å². The summed E-state index contributed by atoms with van der Waals surface area (Å²) in [6.07, 6.45) is 3.09. The van der Waals surface area contributed by atoms with Crippen LogP contribution in [0, 0.1) is 0 Å². The number of hydrogen-bond acceptors (Lipinski definition) is 2. The SMILES string of the molecule is O=Cc1ccc2c(c1)CC(Cc1ccccc1)S2. The second kappa shape index (κ2) is 4.99. The molecule has 1 atom stereocenters. The molecule has 1 heterocycles. The summed E-state index contributed by atoms with van der Waals surface area (Å²) in [6, 6.07) is 16.6. The summed E-state index contributed by atoms with van der Waals surface area (Å²) in [7, 11) is 0. The number of thioether (sulfide) groups is 1. The minimum Gasteiger partial charge on any atom is -0.298 e. The van der Waals surface area contributed by atoms with E-state index in [0.717, 1.165) is 24.7 Å². The van der Waals surface area contributed by atoms with Gasteiger partial charge in [0.05, 0.1) is 0 Å². The van der Waals surface area contributed by atoms with Gasteiger partial charge in [-0.05, 0) is 36.1 Å². The van der Waals surface area contributed by atoms with Gasteiger partial charge in [0.15, 0.2) is 0 Å². The summed E-state index contributed by atoms with van der Waals surface area (Å²) in [5.74, 6) is 0. The number of rotatable bonds is 3. The van der Waals surface area contributed by atoms with Crippen LogP contribution in [-0.2, 0) is 12.8 Å². The van der Waals surface area contributed by atoms with Gasteiger partial charge in [-0.3, -0.25) is 4.79 Å². The zero-order valence-corrected chi connectivity index (χ0v) is 10.8. The van der Waals surface area contributed by atoms with Crippen LogP contribution >= 0.6 is 11.8 Å². The molecular formula is C16H14OS. The van der Waals surface area contributed by atoms with Crippen molar-refractivity contribution in [3.8, 4) is 0 Å². The van der Waals surface area contributed by atoms with Gasteiger partial charge in [-0.2, -0.15) is 0 Å². The Morgan fingerprint density at radius 1 is 1.17 bits per heavy atom. The van der Waals surface area contributed by atoms with Gasteiger partial charge in [-0.1, -0.05) is 36.4 Å². The highest BCUT2D eigenvalue weighted by Crippen LogP contribution is 2.38. The third-order valence-corrected chi connectivity index (χ3v) is 4.59. The Balaban J connectivity index is 1.75. The van der Waals surface area contributed by atoms with E-state index in [1.807, 2.05) is 23.9 Å². The molecule has 0 spiro atoms. The lowest BCUT2D eigenvalue weighted by molar-refractivity contribution is 0.112. The van der Waals surface area contributed by atoms with Gasteiger partial charge in [-0.25, -0.2) is 0 Å². The summed E-state index contributed by atoms with van der Waals surface area (Å²) in [6.45, 7) is 0. The van der Waals surface area contributed by atoms with Crippen LogP contribution in [0.3, 0.4) is 0 Å². The smallest absolute Gasteiger partial charge is 0.150 e. The average molecular weight is 254 g/mol. The van der Waals surface area contributed by atoms with Crippen molar-refractivity contribution in [3.63, 3.8) is 0 Å². The number of hydrogen-bond donors (Lipinski definition) is 0. The van der Waals surface area contributed by atoms with E-state index in [0.29, 0.717) is 5.25 Å². The van der Waals surface area contributed by atoms with Crippen LogP contribution in [-0.4, -0.2) is 11.5 Å². The summed E-state index contributed by atoms with van der Waals surface area (Å²) in [5.41, 5.74) is 3.50. The first-order chi connectivity index (χ1) is 8.85. The van der Waals surface area contributed by atoms with Crippen LogP contribution in [0.1, 0.15) is 21.5 Å². The molecule has 1 nitrogen and oxygen atoms in total. The third kappa shape index (κ3) is 2.34. The first-order valence-corrected chi connectivity index (χ1v) is 7.02. The van der Waals surface area contributed by atoms with Crippen LogP contribution in [0.25, 0.3) is 0 Å². The van der Waals surface area contributed by atoms with Gasteiger partial charge in [0, 0.05) is 15.7 Å². The molecule has 0 N–H and O–H groups in total. The van der Waals surface area contributed by atoms with Gasteiger partial charge in [0.2, 0.25) is 0 Å². The second-order valence-corrected chi connectivity index (χ2v) is 5.96. The number of carbonyl (C=O) groups is 1. The molecular weight excluding hydrogens is 240 g/mol. The van der Waals surface area contributed by atoms with Crippen LogP contribution in [0.5, 0.6) is 0 Å². The maximum absolute atomic E-state index is 10.8. The standard InChI is InChI=1S/C16H14OS/c17-11-13-6-7-16-14(8-13)10-15(18-16)9-12-4-2-1-3-5-12/h1-8,11,15H,9-10H2. The highest BCUT2D eigenvalue weighted by Gasteiger charge is 2.22. The van der Waals surface area contributed by atoms with Crippen LogP contribution < -0.4 is 0 Å². The topological polar surface area (TPSA) is 17.1 Å². The minimum absolute atomic E-state index is 0.601. The zero-order chi connectivity index (χ0) is 12.4. The van der Waals surface area contributed by atoms with Gasteiger partial charge in [-0.15, -0.1) is 11.8 Å². The lowest BCUT2D eigenvalue weighted by Gasteiger charge is -2.07. The predicted octanol–water partition coefficient (Wildman–Crippen LogP) is 3.76. The Kier molecular flexibility index (Phi) is 3.20. The van der Waals surface area contributed by atoms with Crippen LogP contribution in [0.2, 0.25) is 0 Å². The molecule has 0 fully saturated rings. The Morgan fingerprint density at radius 2 is 2.00 bits per heavy atom. The molecule has 0 aliphatic carbocycles. The van der Waals surface area contributed by atoms with E-state index in [1.165, 1.54) is 16.0 Å². The molecule has 90 valence electrons. The molecule has 0 amide bonds. The Hall–Kier alpha value is -1.54. The monoisotopic (exact) mass is 254 g/mol. The third-order valence-electron chi connectivity index (χ3n) is 3.27. The average Bonchev–Trinajstić information content (AvgIpc) is 2.80. The van der Waals surface area contributed by atoms with E-state index in [-0.39, 0.29) is 0 Å². The van der Waals surface area contributed by atoms with Crippen molar-refractivity contribution in [2.24, 2.45) is 0 Å². The normalized spacial score (nSPS) is 17.4. The fourth-order valence-electron chi connectivity index (χ4n) is 2.40. The first kappa shape index (κ1) is 11.5. The van der Waals surface area contributed by atoms with Gasteiger partial charge in [0.1, 0.15) is 6.29 Å². The van der Waals surface area contributed by atoms with E-state index in [9.17, 15) is 4.79 Å². The van der Waals surface area contributed by atoms with Crippen LogP contribution in [0.15, 0.2) is 53.4 Å². The number of carbonyl (C=O) groups excluding carboxylic acids is 1. The van der Waals surface area contributed by atoms with Crippen molar-refractivity contribution in [3.05, 3.63) is 65.2 Å². The Bertz CT molecular complexity index is 563. The molecule has 18 heavy (non-hydrogen) atoms.